The number of rotatable bonds is 2. The van der Waals surface area contributed by atoms with E-state index >= 15 is 0 Å². The van der Waals surface area contributed by atoms with Gasteiger partial charge >= 0.3 is 0 Å². The van der Waals surface area contributed by atoms with Crippen LogP contribution in [0.4, 0.5) is 0 Å². The molecule has 1 aromatic rings. The molecule has 3 rings (SSSR count). The quantitative estimate of drug-likeness (QED) is 0.835. The van der Waals surface area contributed by atoms with E-state index in [0.29, 0.717) is 5.92 Å². The Morgan fingerprint density at radius 3 is 3.05 bits per heavy atom. The fourth-order valence-electron chi connectivity index (χ4n) is 2.83. The Hall–Kier alpha value is -0.190. The number of halogens is 1. The number of thioether (sulfide) groups is 1. The molecule has 19 heavy (non-hydrogen) atoms. The number of nitrogens with one attached hydrogen (secondary N) is 1. The monoisotopic (exact) mass is 315 g/mol. The van der Waals surface area contributed by atoms with Gasteiger partial charge in [0.25, 0.3) is 5.91 Å². The zero-order valence-electron chi connectivity index (χ0n) is 10.9. The molecule has 1 amide bonds. The Balaban J connectivity index is 1.67. The minimum atomic E-state index is 0.0898. The smallest absolute Gasteiger partial charge is 0.261 e. The van der Waals surface area contributed by atoms with Crippen molar-refractivity contribution in [2.24, 2.45) is 5.92 Å². The van der Waals surface area contributed by atoms with E-state index in [2.05, 4.69) is 18.3 Å². The molecular formula is C14H18ClNOS2. The molecular weight excluding hydrogens is 298 g/mol. The van der Waals surface area contributed by atoms with Gasteiger partial charge in [0, 0.05) is 27.8 Å². The van der Waals surface area contributed by atoms with Gasteiger partial charge in [-0.05, 0) is 36.8 Å². The SMILES string of the molecule is CC1C(Cl)CCCC1NC(=O)c1cc2c(s1)CSC2. The minimum Gasteiger partial charge on any atom is -0.348 e. The maximum Gasteiger partial charge on any atom is 0.261 e. The van der Waals surface area contributed by atoms with E-state index in [4.69, 9.17) is 11.6 Å². The van der Waals surface area contributed by atoms with Crippen molar-refractivity contribution in [3.05, 3.63) is 21.4 Å². The molecule has 5 heteroatoms. The van der Waals surface area contributed by atoms with Gasteiger partial charge in [-0.3, -0.25) is 4.79 Å². The number of amides is 1. The van der Waals surface area contributed by atoms with Gasteiger partial charge in [-0.25, -0.2) is 0 Å². The third-order valence-corrected chi connectivity index (χ3v) is 7.11. The first-order valence-corrected chi connectivity index (χ1v) is 9.20. The second kappa shape index (κ2) is 5.66. The van der Waals surface area contributed by atoms with Crippen molar-refractivity contribution in [1.82, 2.24) is 5.32 Å². The topological polar surface area (TPSA) is 29.1 Å². The summed E-state index contributed by atoms with van der Waals surface area (Å²) >= 11 is 9.88. The number of hydrogen-bond donors (Lipinski definition) is 1. The molecule has 0 bridgehead atoms. The Bertz CT molecular complexity index is 466. The Morgan fingerprint density at radius 2 is 2.26 bits per heavy atom. The van der Waals surface area contributed by atoms with Gasteiger partial charge in [-0.15, -0.1) is 22.9 Å². The summed E-state index contributed by atoms with van der Waals surface area (Å²) in [5.41, 5.74) is 1.35. The highest BCUT2D eigenvalue weighted by atomic mass is 35.5. The predicted molar refractivity (Wildman–Crippen MR) is 83.2 cm³/mol. The highest BCUT2D eigenvalue weighted by Crippen LogP contribution is 2.36. The standard InChI is InChI=1S/C14H18ClNOS2/c1-8-10(15)3-2-4-11(8)16-14(17)12-5-9-6-18-7-13(9)19-12/h5,8,10-11H,2-4,6-7H2,1H3,(H,16,17). The van der Waals surface area contributed by atoms with Gasteiger partial charge in [0.05, 0.1) is 4.88 Å². The van der Waals surface area contributed by atoms with Crippen LogP contribution in [0.1, 0.15) is 46.3 Å². The van der Waals surface area contributed by atoms with Gasteiger partial charge in [0.2, 0.25) is 0 Å². The van der Waals surface area contributed by atoms with E-state index in [-0.39, 0.29) is 17.3 Å². The summed E-state index contributed by atoms with van der Waals surface area (Å²) in [5.74, 6) is 2.58. The minimum absolute atomic E-state index is 0.0898. The molecule has 3 unspecified atom stereocenters. The van der Waals surface area contributed by atoms with Gasteiger partial charge in [-0.2, -0.15) is 11.8 Å². The van der Waals surface area contributed by atoms with E-state index in [9.17, 15) is 4.79 Å². The average Bonchev–Trinajstić information content (AvgIpc) is 2.95. The van der Waals surface area contributed by atoms with Crippen molar-refractivity contribution in [2.75, 3.05) is 0 Å². The lowest BCUT2D eigenvalue weighted by atomic mass is 9.85. The number of fused-ring (bicyclic) bond motifs is 1. The second-order valence-electron chi connectivity index (χ2n) is 5.44. The first-order valence-electron chi connectivity index (χ1n) is 6.79. The van der Waals surface area contributed by atoms with Gasteiger partial charge in [0.1, 0.15) is 0 Å². The van der Waals surface area contributed by atoms with Crippen LogP contribution in [0.5, 0.6) is 0 Å². The normalized spacial score (nSPS) is 30.1. The third kappa shape index (κ3) is 2.81. The lowest BCUT2D eigenvalue weighted by Gasteiger charge is -2.33. The van der Waals surface area contributed by atoms with Crippen molar-refractivity contribution in [3.8, 4) is 0 Å². The molecule has 0 radical (unpaired) electrons. The Morgan fingerprint density at radius 1 is 1.42 bits per heavy atom. The van der Waals surface area contributed by atoms with Gasteiger partial charge < -0.3 is 5.32 Å². The van der Waals surface area contributed by atoms with Crippen LogP contribution in [0.3, 0.4) is 0 Å². The molecule has 0 saturated heterocycles. The fraction of sp³-hybridized carbons (Fsp3) is 0.643. The van der Waals surface area contributed by atoms with Gasteiger partial charge in [0.15, 0.2) is 0 Å². The summed E-state index contributed by atoms with van der Waals surface area (Å²) in [5, 5.41) is 3.38. The molecule has 1 aliphatic carbocycles. The maximum atomic E-state index is 12.3. The summed E-state index contributed by atoms with van der Waals surface area (Å²) in [6.45, 7) is 2.15. The molecule has 1 fully saturated rings. The van der Waals surface area contributed by atoms with E-state index in [1.165, 1.54) is 10.4 Å². The fourth-order valence-corrected chi connectivity index (χ4v) is 5.57. The van der Waals surface area contributed by atoms with Crippen LogP contribution in [0.2, 0.25) is 0 Å². The van der Waals surface area contributed by atoms with Gasteiger partial charge in [-0.1, -0.05) is 6.92 Å². The van der Waals surface area contributed by atoms with Crippen LogP contribution in [0.15, 0.2) is 6.07 Å². The summed E-state index contributed by atoms with van der Waals surface area (Å²) in [7, 11) is 0. The molecule has 104 valence electrons. The number of thiophene rings is 1. The van der Waals surface area contributed by atoms with Crippen LogP contribution in [0.25, 0.3) is 0 Å². The Labute approximate surface area is 127 Å². The summed E-state index contributed by atoms with van der Waals surface area (Å²) in [4.78, 5) is 14.6. The van der Waals surface area contributed by atoms with Crippen molar-refractivity contribution in [2.45, 2.75) is 49.1 Å². The number of alkyl halides is 1. The highest BCUT2D eigenvalue weighted by Gasteiger charge is 2.30. The average molecular weight is 316 g/mol. The predicted octanol–water partition coefficient (Wildman–Crippen LogP) is 4.02. The summed E-state index contributed by atoms with van der Waals surface area (Å²) < 4.78 is 0. The van der Waals surface area contributed by atoms with Crippen LogP contribution < -0.4 is 5.32 Å². The second-order valence-corrected chi connectivity index (χ2v) is 8.12. The maximum absolute atomic E-state index is 12.3. The lowest BCUT2D eigenvalue weighted by molar-refractivity contribution is 0.0915. The number of hydrogen-bond acceptors (Lipinski definition) is 3. The molecule has 1 aliphatic heterocycles. The van der Waals surface area contributed by atoms with Crippen LogP contribution in [-0.4, -0.2) is 17.3 Å². The molecule has 3 atom stereocenters. The van der Waals surface area contributed by atoms with Crippen LogP contribution in [0, 0.1) is 5.92 Å². The molecule has 2 heterocycles. The van der Waals surface area contributed by atoms with Crippen LogP contribution >= 0.6 is 34.7 Å². The molecule has 1 aromatic heterocycles. The zero-order valence-corrected chi connectivity index (χ0v) is 13.3. The molecule has 0 aromatic carbocycles. The summed E-state index contributed by atoms with van der Waals surface area (Å²) in [6, 6.07) is 2.30. The first kappa shape index (κ1) is 13.8. The lowest BCUT2D eigenvalue weighted by Crippen LogP contribution is -2.44. The molecule has 2 aliphatic rings. The number of carbonyl (C=O) groups is 1. The molecule has 1 saturated carbocycles. The molecule has 2 nitrogen and oxygen atoms in total. The van der Waals surface area contributed by atoms with E-state index in [1.807, 2.05) is 11.8 Å². The largest absolute Gasteiger partial charge is 0.348 e. The van der Waals surface area contributed by atoms with Crippen molar-refractivity contribution in [3.63, 3.8) is 0 Å². The number of carbonyl (C=O) groups excluding carboxylic acids is 1. The molecule has 0 spiro atoms. The highest BCUT2D eigenvalue weighted by molar-refractivity contribution is 7.98. The van der Waals surface area contributed by atoms with E-state index < -0.39 is 0 Å². The van der Waals surface area contributed by atoms with E-state index in [0.717, 1.165) is 35.6 Å². The van der Waals surface area contributed by atoms with Crippen molar-refractivity contribution >= 4 is 40.6 Å². The third-order valence-electron chi connectivity index (χ3n) is 4.13. The van der Waals surface area contributed by atoms with Crippen molar-refractivity contribution < 1.29 is 4.79 Å². The van der Waals surface area contributed by atoms with Crippen molar-refractivity contribution in [1.29, 1.82) is 0 Å². The van der Waals surface area contributed by atoms with E-state index in [1.54, 1.807) is 11.3 Å². The van der Waals surface area contributed by atoms with Crippen LogP contribution in [-0.2, 0) is 11.5 Å². The first-order chi connectivity index (χ1) is 9.15. The summed E-state index contributed by atoms with van der Waals surface area (Å²) in [6.07, 6.45) is 3.23. The zero-order chi connectivity index (χ0) is 13.4. The Kier molecular flexibility index (Phi) is 4.11. The molecule has 1 N–H and O–H groups in total.